The van der Waals surface area contributed by atoms with Crippen LogP contribution in [-0.2, 0) is 0 Å². The SMILES string of the molecule is CSCC(C)N(C)CC1(CS)CCCC1. The molecule has 0 aromatic carbocycles. The predicted molar refractivity (Wildman–Crippen MR) is 75.2 cm³/mol. The second-order valence-corrected chi connectivity index (χ2v) is 6.31. The molecule has 0 heterocycles. The molecule has 0 aromatic rings. The van der Waals surface area contributed by atoms with Gasteiger partial charge in [0, 0.05) is 18.3 Å². The monoisotopic (exact) mass is 247 g/mol. The summed E-state index contributed by atoms with van der Waals surface area (Å²) in [5.41, 5.74) is 0.518. The van der Waals surface area contributed by atoms with Crippen LogP contribution in [0.4, 0.5) is 0 Å². The maximum atomic E-state index is 4.56. The van der Waals surface area contributed by atoms with Crippen molar-refractivity contribution in [3.8, 4) is 0 Å². The minimum Gasteiger partial charge on any atom is -0.302 e. The lowest BCUT2D eigenvalue weighted by atomic mass is 9.87. The van der Waals surface area contributed by atoms with Crippen LogP contribution >= 0.6 is 24.4 Å². The van der Waals surface area contributed by atoms with Crippen LogP contribution < -0.4 is 0 Å². The van der Waals surface area contributed by atoms with Gasteiger partial charge in [0.25, 0.3) is 0 Å². The fourth-order valence-corrected chi connectivity index (χ4v) is 3.70. The Bertz CT molecular complexity index is 178. The second kappa shape index (κ2) is 6.41. The molecule has 1 unspecified atom stereocenters. The van der Waals surface area contributed by atoms with Gasteiger partial charge >= 0.3 is 0 Å². The van der Waals surface area contributed by atoms with Gasteiger partial charge in [0.15, 0.2) is 0 Å². The summed E-state index contributed by atoms with van der Waals surface area (Å²) in [5.74, 6) is 2.29. The highest BCUT2D eigenvalue weighted by atomic mass is 32.2. The molecular weight excluding hydrogens is 222 g/mol. The molecule has 0 amide bonds. The Morgan fingerprint density at radius 1 is 1.40 bits per heavy atom. The number of thiol groups is 1. The summed E-state index contributed by atoms with van der Waals surface area (Å²) in [4.78, 5) is 2.53. The number of hydrogen-bond donors (Lipinski definition) is 1. The van der Waals surface area contributed by atoms with Crippen LogP contribution in [0.15, 0.2) is 0 Å². The molecule has 90 valence electrons. The Morgan fingerprint density at radius 2 is 2.00 bits per heavy atom. The zero-order chi connectivity index (χ0) is 11.3. The smallest absolute Gasteiger partial charge is 0.0155 e. The van der Waals surface area contributed by atoms with Gasteiger partial charge in [-0.3, -0.25) is 0 Å². The van der Waals surface area contributed by atoms with E-state index in [4.69, 9.17) is 0 Å². The molecule has 0 aliphatic heterocycles. The van der Waals surface area contributed by atoms with Crippen LogP contribution in [0.3, 0.4) is 0 Å². The molecule has 0 aromatic heterocycles. The second-order valence-electron chi connectivity index (χ2n) is 5.08. The molecule has 15 heavy (non-hydrogen) atoms. The first-order valence-electron chi connectivity index (χ1n) is 5.93. The number of nitrogens with zero attached hydrogens (tertiary/aromatic N) is 1. The molecule has 0 spiro atoms. The highest BCUT2D eigenvalue weighted by Crippen LogP contribution is 2.39. The molecule has 0 saturated heterocycles. The van der Waals surface area contributed by atoms with Crippen molar-refractivity contribution in [3.05, 3.63) is 0 Å². The highest BCUT2D eigenvalue weighted by Gasteiger charge is 2.34. The first-order chi connectivity index (χ1) is 7.13. The molecule has 1 aliphatic carbocycles. The molecule has 0 radical (unpaired) electrons. The van der Waals surface area contributed by atoms with Crippen molar-refractivity contribution in [1.82, 2.24) is 4.90 Å². The summed E-state index contributed by atoms with van der Waals surface area (Å²) in [6.45, 7) is 3.57. The summed E-state index contributed by atoms with van der Waals surface area (Å²) in [5, 5.41) is 0. The van der Waals surface area contributed by atoms with E-state index in [2.05, 4.69) is 37.8 Å². The van der Waals surface area contributed by atoms with E-state index >= 15 is 0 Å². The summed E-state index contributed by atoms with van der Waals surface area (Å²) in [7, 11) is 2.27. The van der Waals surface area contributed by atoms with Crippen molar-refractivity contribution < 1.29 is 0 Å². The number of rotatable bonds is 6. The fourth-order valence-electron chi connectivity index (χ4n) is 2.54. The average Bonchev–Trinajstić information content (AvgIpc) is 2.67. The fraction of sp³-hybridized carbons (Fsp3) is 1.00. The van der Waals surface area contributed by atoms with Crippen molar-refractivity contribution in [2.24, 2.45) is 5.41 Å². The van der Waals surface area contributed by atoms with Crippen LogP contribution in [0.1, 0.15) is 32.6 Å². The zero-order valence-corrected chi connectivity index (χ0v) is 12.0. The highest BCUT2D eigenvalue weighted by molar-refractivity contribution is 7.98. The van der Waals surface area contributed by atoms with Gasteiger partial charge in [0.1, 0.15) is 0 Å². The van der Waals surface area contributed by atoms with Gasteiger partial charge in [-0.25, -0.2) is 0 Å². The van der Waals surface area contributed by atoms with Gasteiger partial charge in [-0.05, 0) is 44.2 Å². The van der Waals surface area contributed by atoms with Crippen LogP contribution in [0.2, 0.25) is 0 Å². The molecule has 0 bridgehead atoms. The minimum absolute atomic E-state index is 0.518. The van der Waals surface area contributed by atoms with Crippen molar-refractivity contribution >= 4 is 24.4 Å². The number of hydrogen-bond acceptors (Lipinski definition) is 3. The summed E-state index contributed by atoms with van der Waals surface area (Å²) in [6, 6.07) is 0.692. The first-order valence-corrected chi connectivity index (χ1v) is 7.96. The average molecular weight is 247 g/mol. The maximum Gasteiger partial charge on any atom is 0.0155 e. The van der Waals surface area contributed by atoms with E-state index in [1.807, 2.05) is 11.8 Å². The van der Waals surface area contributed by atoms with E-state index in [1.165, 1.54) is 38.0 Å². The normalized spacial score (nSPS) is 22.2. The third-order valence-corrected chi connectivity index (χ3v) is 5.23. The van der Waals surface area contributed by atoms with E-state index in [0.29, 0.717) is 11.5 Å². The number of thioether (sulfide) groups is 1. The molecule has 0 N–H and O–H groups in total. The lowest BCUT2D eigenvalue weighted by Gasteiger charge is -2.35. The van der Waals surface area contributed by atoms with E-state index in [9.17, 15) is 0 Å². The molecule has 1 atom stereocenters. The Balaban J connectivity index is 2.43. The van der Waals surface area contributed by atoms with Gasteiger partial charge in [-0.15, -0.1) is 0 Å². The lowest BCUT2D eigenvalue weighted by Crippen LogP contribution is -2.40. The lowest BCUT2D eigenvalue weighted by molar-refractivity contribution is 0.173. The van der Waals surface area contributed by atoms with Crippen molar-refractivity contribution in [2.45, 2.75) is 38.6 Å². The van der Waals surface area contributed by atoms with Gasteiger partial charge in [-0.1, -0.05) is 12.8 Å². The summed E-state index contributed by atoms with van der Waals surface area (Å²) in [6.07, 6.45) is 7.77. The van der Waals surface area contributed by atoms with E-state index in [0.717, 1.165) is 5.75 Å². The predicted octanol–water partition coefficient (Wildman–Crippen LogP) is 3.16. The largest absolute Gasteiger partial charge is 0.302 e. The van der Waals surface area contributed by atoms with Gasteiger partial charge in [0.05, 0.1) is 0 Å². The minimum atomic E-state index is 0.518. The topological polar surface area (TPSA) is 3.24 Å². The quantitative estimate of drug-likeness (QED) is 0.718. The van der Waals surface area contributed by atoms with Crippen LogP contribution in [-0.4, -0.2) is 42.3 Å². The zero-order valence-electron chi connectivity index (χ0n) is 10.3. The molecule has 1 nitrogen and oxygen atoms in total. The standard InChI is InChI=1S/C12H25NS2/c1-11(8-15-3)13(2)9-12(10-14)6-4-5-7-12/h11,14H,4-10H2,1-3H3. The van der Waals surface area contributed by atoms with Crippen molar-refractivity contribution in [1.29, 1.82) is 0 Å². The van der Waals surface area contributed by atoms with E-state index in [1.54, 1.807) is 0 Å². The molecule has 1 aliphatic rings. The van der Waals surface area contributed by atoms with Crippen LogP contribution in [0.5, 0.6) is 0 Å². The van der Waals surface area contributed by atoms with Crippen molar-refractivity contribution in [3.63, 3.8) is 0 Å². The Morgan fingerprint density at radius 3 is 2.47 bits per heavy atom. The third kappa shape index (κ3) is 3.86. The Hall–Kier alpha value is 0.660. The molecule has 1 saturated carbocycles. The first kappa shape index (κ1) is 13.7. The van der Waals surface area contributed by atoms with E-state index < -0.39 is 0 Å². The Labute approximate surface area is 105 Å². The van der Waals surface area contributed by atoms with Gasteiger partial charge in [0.2, 0.25) is 0 Å². The van der Waals surface area contributed by atoms with Crippen molar-refractivity contribution in [2.75, 3.05) is 31.4 Å². The molecule has 3 heteroatoms. The summed E-state index contributed by atoms with van der Waals surface area (Å²) < 4.78 is 0. The van der Waals surface area contributed by atoms with Gasteiger partial charge < -0.3 is 4.90 Å². The van der Waals surface area contributed by atoms with Crippen LogP contribution in [0, 0.1) is 5.41 Å². The van der Waals surface area contributed by atoms with Gasteiger partial charge in [-0.2, -0.15) is 24.4 Å². The third-order valence-electron chi connectivity index (χ3n) is 3.74. The molecule has 1 rings (SSSR count). The van der Waals surface area contributed by atoms with E-state index in [-0.39, 0.29) is 0 Å². The Kier molecular flexibility index (Phi) is 5.86. The molecule has 1 fully saturated rings. The summed E-state index contributed by atoms with van der Waals surface area (Å²) >= 11 is 6.51. The molecular formula is C12H25NS2. The van der Waals surface area contributed by atoms with Crippen LogP contribution in [0.25, 0.3) is 0 Å². The maximum absolute atomic E-state index is 4.56.